The van der Waals surface area contributed by atoms with Gasteiger partial charge >= 0.3 is 0 Å². The van der Waals surface area contributed by atoms with Crippen LogP contribution in [-0.2, 0) is 4.79 Å². The summed E-state index contributed by atoms with van der Waals surface area (Å²) in [7, 11) is 0. The van der Waals surface area contributed by atoms with E-state index < -0.39 is 5.91 Å². The molecule has 0 saturated carbocycles. The molecule has 0 radical (unpaired) electrons. The topological polar surface area (TPSA) is 76.5 Å². The highest BCUT2D eigenvalue weighted by molar-refractivity contribution is 5.86. The van der Waals surface area contributed by atoms with Gasteiger partial charge in [-0.25, -0.2) is 4.98 Å². The number of ether oxygens (including phenoxy) is 1. The number of rotatable bonds is 5. The van der Waals surface area contributed by atoms with Crippen LogP contribution in [0.15, 0.2) is 59.4 Å². The molecule has 1 N–H and O–H groups in total. The second-order valence-corrected chi connectivity index (χ2v) is 6.40. The molecule has 138 valence electrons. The van der Waals surface area contributed by atoms with Crippen molar-refractivity contribution in [3.05, 3.63) is 65.0 Å². The van der Waals surface area contributed by atoms with Gasteiger partial charge in [-0.05, 0) is 37.1 Å². The van der Waals surface area contributed by atoms with E-state index in [4.69, 9.17) is 4.74 Å². The lowest BCUT2D eigenvalue weighted by molar-refractivity contribution is -0.119. The van der Waals surface area contributed by atoms with Crippen LogP contribution in [0.2, 0.25) is 0 Å². The van der Waals surface area contributed by atoms with Crippen molar-refractivity contribution < 1.29 is 9.53 Å². The second kappa shape index (κ2) is 7.49. The number of nitrogens with zero attached hydrogens (tertiary/aromatic N) is 3. The first-order chi connectivity index (χ1) is 13.2. The Morgan fingerprint density at radius 1 is 1.04 bits per heavy atom. The largest absolute Gasteiger partial charge is 0.484 e. The Morgan fingerprint density at radius 2 is 1.74 bits per heavy atom. The average Bonchev–Trinajstić information content (AvgIpc) is 3.24. The molecule has 3 aromatic rings. The zero-order valence-electron chi connectivity index (χ0n) is 14.8. The van der Waals surface area contributed by atoms with Crippen LogP contribution in [0.3, 0.4) is 0 Å². The molecule has 0 unspecified atom stereocenters. The summed E-state index contributed by atoms with van der Waals surface area (Å²) in [5, 5.41) is 0.463. The van der Waals surface area contributed by atoms with Gasteiger partial charge in [0.1, 0.15) is 5.75 Å². The molecular weight excluding hydrogens is 344 g/mol. The molecular formula is C20H20N4O3. The van der Waals surface area contributed by atoms with Gasteiger partial charge in [0.05, 0.1) is 10.9 Å². The predicted molar refractivity (Wildman–Crippen MR) is 104 cm³/mol. The third-order valence-electron chi connectivity index (χ3n) is 4.50. The van der Waals surface area contributed by atoms with Crippen molar-refractivity contribution in [1.29, 1.82) is 0 Å². The van der Waals surface area contributed by atoms with Crippen LogP contribution in [-0.4, -0.2) is 35.3 Å². The number of aromatic nitrogens is 2. The van der Waals surface area contributed by atoms with E-state index >= 15 is 0 Å². The Kier molecular flexibility index (Phi) is 4.74. The van der Waals surface area contributed by atoms with Crippen molar-refractivity contribution in [3.63, 3.8) is 0 Å². The van der Waals surface area contributed by atoms with Crippen LogP contribution < -0.4 is 20.6 Å². The number of amides is 1. The molecule has 1 aromatic heterocycles. The Balaban J connectivity index is 1.62. The highest BCUT2D eigenvalue weighted by Gasteiger charge is 2.21. The van der Waals surface area contributed by atoms with Crippen LogP contribution in [0, 0.1) is 0 Å². The minimum atomic E-state index is -0.418. The average molecular weight is 364 g/mol. The Labute approximate surface area is 156 Å². The van der Waals surface area contributed by atoms with E-state index in [2.05, 4.69) is 10.4 Å². The summed E-state index contributed by atoms with van der Waals surface area (Å²) >= 11 is 0. The van der Waals surface area contributed by atoms with E-state index in [0.717, 1.165) is 25.9 Å². The number of anilines is 1. The molecule has 0 aliphatic carbocycles. The van der Waals surface area contributed by atoms with Gasteiger partial charge in [0.2, 0.25) is 5.95 Å². The van der Waals surface area contributed by atoms with Crippen molar-refractivity contribution in [2.24, 2.45) is 0 Å². The molecule has 27 heavy (non-hydrogen) atoms. The lowest BCUT2D eigenvalue weighted by atomic mass is 10.2. The maximum atomic E-state index is 13.0. The van der Waals surface area contributed by atoms with Crippen LogP contribution >= 0.6 is 0 Å². The third-order valence-corrected chi connectivity index (χ3v) is 4.50. The quantitative estimate of drug-likeness (QED) is 0.751. The number of para-hydroxylation sites is 2. The summed E-state index contributed by atoms with van der Waals surface area (Å²) in [6.45, 7) is 1.42. The third kappa shape index (κ3) is 3.62. The summed E-state index contributed by atoms with van der Waals surface area (Å²) in [6.07, 6.45) is 2.07. The normalized spacial score (nSPS) is 13.7. The van der Waals surface area contributed by atoms with Crippen molar-refractivity contribution in [2.75, 3.05) is 30.0 Å². The number of fused-ring (bicyclic) bond motifs is 1. The molecule has 7 nitrogen and oxygen atoms in total. The number of carbonyl (C=O) groups is 1. The molecule has 1 fully saturated rings. The van der Waals surface area contributed by atoms with Crippen LogP contribution in [0.1, 0.15) is 12.8 Å². The first-order valence-corrected chi connectivity index (χ1v) is 8.97. The molecule has 2 heterocycles. The standard InChI is InChI=1S/C20H20N4O3/c25-18(14-27-15-8-2-1-3-9-15)22-24-19(26)16-10-4-5-11-17(16)21-20(24)23-12-6-7-13-23/h1-5,8-11H,6-7,12-14H2,(H,22,25). The molecule has 0 atom stereocenters. The van der Waals surface area contributed by atoms with Gasteiger partial charge in [0.25, 0.3) is 11.5 Å². The van der Waals surface area contributed by atoms with E-state index in [-0.39, 0.29) is 12.2 Å². The number of hydrogen-bond donors (Lipinski definition) is 1. The van der Waals surface area contributed by atoms with E-state index in [1.165, 1.54) is 4.68 Å². The first-order valence-electron chi connectivity index (χ1n) is 8.97. The molecule has 2 aromatic carbocycles. The van der Waals surface area contributed by atoms with Crippen LogP contribution in [0.25, 0.3) is 10.9 Å². The van der Waals surface area contributed by atoms with Crippen molar-refractivity contribution in [3.8, 4) is 5.75 Å². The summed E-state index contributed by atoms with van der Waals surface area (Å²) in [5.74, 6) is 0.638. The van der Waals surface area contributed by atoms with Gasteiger partial charge in [0.15, 0.2) is 6.61 Å². The van der Waals surface area contributed by atoms with Gasteiger partial charge in [-0.1, -0.05) is 30.3 Å². The first kappa shape index (κ1) is 17.1. The molecule has 0 spiro atoms. The molecule has 1 aliphatic rings. The van der Waals surface area contributed by atoms with E-state index in [9.17, 15) is 9.59 Å². The fraction of sp³-hybridized carbons (Fsp3) is 0.250. The number of hydrogen-bond acceptors (Lipinski definition) is 5. The van der Waals surface area contributed by atoms with Gasteiger partial charge < -0.3 is 9.64 Å². The van der Waals surface area contributed by atoms with Crippen LogP contribution in [0.5, 0.6) is 5.75 Å². The fourth-order valence-electron chi connectivity index (χ4n) is 3.17. The lowest BCUT2D eigenvalue weighted by Crippen LogP contribution is -2.40. The van der Waals surface area contributed by atoms with E-state index in [1.54, 1.807) is 30.3 Å². The molecule has 0 bridgehead atoms. The zero-order valence-corrected chi connectivity index (χ0v) is 14.8. The van der Waals surface area contributed by atoms with E-state index in [0.29, 0.717) is 22.6 Å². The minimum absolute atomic E-state index is 0.192. The van der Waals surface area contributed by atoms with Crippen LogP contribution in [0.4, 0.5) is 5.95 Å². The SMILES string of the molecule is O=C(COc1ccccc1)Nn1c(N2CCCC2)nc2ccccc2c1=O. The highest BCUT2D eigenvalue weighted by atomic mass is 16.5. The molecule has 1 aliphatic heterocycles. The Bertz CT molecular complexity index is 1010. The van der Waals surface area contributed by atoms with Crippen molar-refractivity contribution in [2.45, 2.75) is 12.8 Å². The Hall–Kier alpha value is -3.35. The van der Waals surface area contributed by atoms with Crippen molar-refractivity contribution in [1.82, 2.24) is 9.66 Å². The molecule has 7 heteroatoms. The smallest absolute Gasteiger partial charge is 0.281 e. The summed E-state index contributed by atoms with van der Waals surface area (Å²) < 4.78 is 6.71. The number of carbonyl (C=O) groups excluding carboxylic acids is 1. The van der Waals surface area contributed by atoms with Gasteiger partial charge in [-0.2, -0.15) is 4.68 Å². The van der Waals surface area contributed by atoms with Gasteiger partial charge in [-0.15, -0.1) is 0 Å². The number of nitrogens with one attached hydrogen (secondary N) is 1. The van der Waals surface area contributed by atoms with Crippen molar-refractivity contribution >= 4 is 22.8 Å². The minimum Gasteiger partial charge on any atom is -0.484 e. The van der Waals surface area contributed by atoms with Gasteiger partial charge in [-0.3, -0.25) is 15.0 Å². The summed E-state index contributed by atoms with van der Waals surface area (Å²) in [4.78, 5) is 32.0. The monoisotopic (exact) mass is 364 g/mol. The van der Waals surface area contributed by atoms with E-state index in [1.807, 2.05) is 29.2 Å². The zero-order chi connectivity index (χ0) is 18.6. The fourth-order valence-corrected chi connectivity index (χ4v) is 3.17. The maximum absolute atomic E-state index is 13.0. The highest BCUT2D eigenvalue weighted by Crippen LogP contribution is 2.19. The summed E-state index contributed by atoms with van der Waals surface area (Å²) in [6, 6.07) is 16.2. The Morgan fingerprint density at radius 3 is 2.52 bits per heavy atom. The molecule has 4 rings (SSSR count). The molecule has 1 saturated heterocycles. The van der Waals surface area contributed by atoms with Gasteiger partial charge in [0, 0.05) is 13.1 Å². The molecule has 1 amide bonds. The predicted octanol–water partition coefficient (Wildman–Crippen LogP) is 2.15. The second-order valence-electron chi connectivity index (χ2n) is 6.40. The summed E-state index contributed by atoms with van der Waals surface area (Å²) in [5.41, 5.74) is 2.98. The number of benzene rings is 2. The lowest BCUT2D eigenvalue weighted by Gasteiger charge is -2.22. The maximum Gasteiger partial charge on any atom is 0.281 e.